The van der Waals surface area contributed by atoms with Crippen molar-refractivity contribution in [2.24, 2.45) is 0 Å². The second kappa shape index (κ2) is 8.65. The number of carbonyl (C=O) groups is 1. The van der Waals surface area contributed by atoms with Gasteiger partial charge >= 0.3 is 0 Å². The molecular weight excluding hydrogens is 378 g/mol. The van der Waals surface area contributed by atoms with Gasteiger partial charge in [-0.3, -0.25) is 4.79 Å². The summed E-state index contributed by atoms with van der Waals surface area (Å²) in [4.78, 5) is 25.1. The average molecular weight is 408 g/mol. The highest BCUT2D eigenvalue weighted by Gasteiger charge is 2.29. The SMILES string of the molecule is CCNc1cccnc1N(CC)C1CCN(C(=O)c2cc3ccc(O)cc3[nH]2)CC1. The van der Waals surface area contributed by atoms with Crippen LogP contribution >= 0.6 is 0 Å². The van der Waals surface area contributed by atoms with E-state index in [1.54, 1.807) is 12.1 Å². The number of carbonyl (C=O) groups excluding carboxylic acids is 1. The van der Waals surface area contributed by atoms with Gasteiger partial charge in [-0.2, -0.15) is 0 Å². The Labute approximate surface area is 176 Å². The molecule has 30 heavy (non-hydrogen) atoms. The number of nitrogens with one attached hydrogen (secondary N) is 2. The molecule has 3 heterocycles. The Balaban J connectivity index is 1.45. The number of fused-ring (bicyclic) bond motifs is 1. The summed E-state index contributed by atoms with van der Waals surface area (Å²) in [6, 6.07) is 11.3. The van der Waals surface area contributed by atoms with Gasteiger partial charge in [0.1, 0.15) is 11.4 Å². The molecular formula is C23H29N5O2. The van der Waals surface area contributed by atoms with E-state index >= 15 is 0 Å². The minimum absolute atomic E-state index is 0.0124. The maximum absolute atomic E-state index is 13.0. The number of H-pyrrole nitrogens is 1. The summed E-state index contributed by atoms with van der Waals surface area (Å²) in [7, 11) is 0. The quantitative estimate of drug-likeness (QED) is 0.578. The molecule has 0 atom stereocenters. The Morgan fingerprint density at radius 2 is 2.07 bits per heavy atom. The smallest absolute Gasteiger partial charge is 0.270 e. The lowest BCUT2D eigenvalue weighted by molar-refractivity contribution is 0.0707. The summed E-state index contributed by atoms with van der Waals surface area (Å²) in [6.07, 6.45) is 3.65. The number of aromatic hydroxyl groups is 1. The molecule has 1 saturated heterocycles. The van der Waals surface area contributed by atoms with Crippen LogP contribution in [-0.2, 0) is 0 Å². The third-order valence-electron chi connectivity index (χ3n) is 5.80. The second-order valence-corrected chi connectivity index (χ2v) is 7.67. The lowest BCUT2D eigenvalue weighted by Gasteiger charge is -2.39. The fraction of sp³-hybridized carbons (Fsp3) is 0.391. The van der Waals surface area contributed by atoms with Gasteiger partial charge in [-0.15, -0.1) is 0 Å². The molecule has 1 aliphatic heterocycles. The second-order valence-electron chi connectivity index (χ2n) is 7.67. The first-order chi connectivity index (χ1) is 14.6. The summed E-state index contributed by atoms with van der Waals surface area (Å²) in [6.45, 7) is 7.39. The molecule has 3 N–H and O–H groups in total. The number of aromatic nitrogens is 2. The number of phenolic OH excluding ortho intramolecular Hbond substituents is 1. The highest BCUT2D eigenvalue weighted by atomic mass is 16.3. The molecule has 3 aromatic rings. The molecule has 158 valence electrons. The Bertz CT molecular complexity index is 1020. The van der Waals surface area contributed by atoms with E-state index in [9.17, 15) is 9.90 Å². The molecule has 1 aromatic carbocycles. The van der Waals surface area contributed by atoms with Crippen LogP contribution in [0.1, 0.15) is 37.2 Å². The van der Waals surface area contributed by atoms with Crippen LogP contribution in [0.5, 0.6) is 5.75 Å². The van der Waals surface area contributed by atoms with E-state index in [4.69, 9.17) is 0 Å². The Kier molecular flexibility index (Phi) is 5.79. The lowest BCUT2D eigenvalue weighted by atomic mass is 10.0. The maximum atomic E-state index is 13.0. The summed E-state index contributed by atoms with van der Waals surface area (Å²) < 4.78 is 0. The first-order valence-corrected chi connectivity index (χ1v) is 10.7. The summed E-state index contributed by atoms with van der Waals surface area (Å²) >= 11 is 0. The Morgan fingerprint density at radius 1 is 1.27 bits per heavy atom. The van der Waals surface area contributed by atoms with Gasteiger partial charge in [-0.05, 0) is 57.0 Å². The molecule has 0 bridgehead atoms. The number of phenols is 1. The van der Waals surface area contributed by atoms with Crippen LogP contribution in [0.4, 0.5) is 11.5 Å². The molecule has 4 rings (SSSR count). The van der Waals surface area contributed by atoms with Gasteiger partial charge in [0.25, 0.3) is 5.91 Å². The number of hydrogen-bond acceptors (Lipinski definition) is 5. The van der Waals surface area contributed by atoms with Gasteiger partial charge in [0, 0.05) is 55.4 Å². The van der Waals surface area contributed by atoms with Crippen LogP contribution in [0.25, 0.3) is 10.9 Å². The Hall–Kier alpha value is -3.22. The van der Waals surface area contributed by atoms with Crippen molar-refractivity contribution in [1.29, 1.82) is 0 Å². The minimum Gasteiger partial charge on any atom is -0.508 e. The normalized spacial score (nSPS) is 14.8. The van der Waals surface area contributed by atoms with Gasteiger partial charge in [0.2, 0.25) is 0 Å². The molecule has 0 aliphatic carbocycles. The highest BCUT2D eigenvalue weighted by molar-refractivity contribution is 5.98. The van der Waals surface area contributed by atoms with Crippen LogP contribution in [0, 0.1) is 0 Å². The fourth-order valence-corrected chi connectivity index (χ4v) is 4.32. The van der Waals surface area contributed by atoms with Gasteiger partial charge in [0.05, 0.1) is 5.69 Å². The van der Waals surface area contributed by atoms with E-state index in [-0.39, 0.29) is 11.7 Å². The van der Waals surface area contributed by atoms with Crippen molar-refractivity contribution in [3.05, 3.63) is 48.3 Å². The molecule has 1 aliphatic rings. The van der Waals surface area contributed by atoms with E-state index in [0.29, 0.717) is 24.8 Å². The maximum Gasteiger partial charge on any atom is 0.270 e. The predicted molar refractivity (Wildman–Crippen MR) is 120 cm³/mol. The van der Waals surface area contributed by atoms with Crippen LogP contribution in [0.15, 0.2) is 42.6 Å². The minimum atomic E-state index is 0.0124. The molecule has 0 radical (unpaired) electrons. The van der Waals surface area contributed by atoms with Crippen molar-refractivity contribution in [3.63, 3.8) is 0 Å². The van der Waals surface area contributed by atoms with Crippen LogP contribution in [0.3, 0.4) is 0 Å². The average Bonchev–Trinajstić information content (AvgIpc) is 3.19. The zero-order chi connectivity index (χ0) is 21.1. The topological polar surface area (TPSA) is 84.5 Å². The van der Waals surface area contributed by atoms with E-state index in [1.165, 1.54) is 0 Å². The number of rotatable bonds is 6. The monoisotopic (exact) mass is 407 g/mol. The van der Waals surface area contributed by atoms with Crippen molar-refractivity contribution >= 4 is 28.3 Å². The number of hydrogen-bond donors (Lipinski definition) is 3. The van der Waals surface area contributed by atoms with E-state index in [1.807, 2.05) is 29.3 Å². The van der Waals surface area contributed by atoms with Gasteiger partial charge < -0.3 is 25.2 Å². The number of benzene rings is 1. The van der Waals surface area contributed by atoms with Crippen molar-refractivity contribution in [3.8, 4) is 5.75 Å². The molecule has 7 nitrogen and oxygen atoms in total. The summed E-state index contributed by atoms with van der Waals surface area (Å²) in [5.41, 5.74) is 2.40. The number of nitrogens with zero attached hydrogens (tertiary/aromatic N) is 3. The van der Waals surface area contributed by atoms with E-state index in [0.717, 1.165) is 48.3 Å². The van der Waals surface area contributed by atoms with Gasteiger partial charge in [0.15, 0.2) is 5.82 Å². The number of pyridine rings is 1. The third-order valence-corrected chi connectivity index (χ3v) is 5.80. The standard InChI is InChI=1S/C23H29N5O2/c1-3-24-19-6-5-11-25-22(19)28(4-2)17-9-12-27(13-10-17)23(30)21-14-16-7-8-18(29)15-20(16)26-21/h5-8,11,14-15,17,24,26,29H,3-4,9-10,12-13H2,1-2H3. The molecule has 0 saturated carbocycles. The third kappa shape index (κ3) is 3.92. The molecule has 0 unspecified atom stereocenters. The molecule has 1 amide bonds. The number of amides is 1. The van der Waals surface area contributed by atoms with Gasteiger partial charge in [-0.1, -0.05) is 0 Å². The summed E-state index contributed by atoms with van der Waals surface area (Å²) in [5.74, 6) is 1.19. The number of aromatic amines is 1. The number of likely N-dealkylation sites (tertiary alicyclic amines) is 1. The summed E-state index contributed by atoms with van der Waals surface area (Å²) in [5, 5.41) is 14.0. The molecule has 2 aromatic heterocycles. The number of piperidine rings is 1. The molecule has 7 heteroatoms. The first kappa shape index (κ1) is 20.1. The van der Waals surface area contributed by atoms with Crippen LogP contribution < -0.4 is 10.2 Å². The predicted octanol–water partition coefficient (Wildman–Crippen LogP) is 3.83. The highest BCUT2D eigenvalue weighted by Crippen LogP contribution is 2.29. The van der Waals surface area contributed by atoms with Crippen molar-refractivity contribution in [1.82, 2.24) is 14.9 Å². The molecule has 0 spiro atoms. The van der Waals surface area contributed by atoms with Crippen molar-refractivity contribution in [2.45, 2.75) is 32.7 Å². The zero-order valence-corrected chi connectivity index (χ0v) is 17.6. The largest absolute Gasteiger partial charge is 0.508 e. The fourth-order valence-electron chi connectivity index (χ4n) is 4.32. The molecule has 1 fully saturated rings. The van der Waals surface area contributed by atoms with Crippen LogP contribution in [-0.4, -0.2) is 58.1 Å². The van der Waals surface area contributed by atoms with Crippen molar-refractivity contribution in [2.75, 3.05) is 36.4 Å². The van der Waals surface area contributed by atoms with E-state index in [2.05, 4.69) is 40.1 Å². The van der Waals surface area contributed by atoms with E-state index < -0.39 is 0 Å². The van der Waals surface area contributed by atoms with Gasteiger partial charge in [-0.25, -0.2) is 4.98 Å². The lowest BCUT2D eigenvalue weighted by Crippen LogP contribution is -2.47. The Morgan fingerprint density at radius 3 is 2.80 bits per heavy atom. The van der Waals surface area contributed by atoms with Crippen LogP contribution in [0.2, 0.25) is 0 Å². The number of anilines is 2. The zero-order valence-electron chi connectivity index (χ0n) is 17.6. The van der Waals surface area contributed by atoms with Crippen molar-refractivity contribution < 1.29 is 9.90 Å². The first-order valence-electron chi connectivity index (χ1n) is 10.7.